The number of nitrogens with two attached hydrogens (primary N) is 2. The monoisotopic (exact) mass is 226 g/mol. The van der Waals surface area contributed by atoms with E-state index in [1.54, 1.807) is 24.3 Å². The molecule has 0 saturated heterocycles. The van der Waals surface area contributed by atoms with E-state index in [1.165, 1.54) is 0 Å². The molecular weight excluding hydrogens is 212 g/mol. The standard InChI is InChI=1S/C10H14N2O2S/c11-5-8(13)9(14)6-1-3-7(4-2-6)10(12)15/h1-4,8-9,13-14H,5,11H2,(H2,12,15). The fourth-order valence-electron chi connectivity index (χ4n) is 1.20. The average Bonchev–Trinajstić information content (AvgIpc) is 2.27. The molecular formula is C10H14N2O2S. The topological polar surface area (TPSA) is 92.5 Å². The molecule has 2 unspecified atom stereocenters. The first-order chi connectivity index (χ1) is 7.06. The Labute approximate surface area is 93.5 Å². The lowest BCUT2D eigenvalue weighted by Gasteiger charge is -2.16. The van der Waals surface area contributed by atoms with Crippen LogP contribution in [0.5, 0.6) is 0 Å². The van der Waals surface area contributed by atoms with Gasteiger partial charge in [0.25, 0.3) is 0 Å². The maximum absolute atomic E-state index is 9.62. The smallest absolute Gasteiger partial charge is 0.106 e. The normalized spacial score (nSPS) is 14.6. The molecule has 6 N–H and O–H groups in total. The molecule has 0 radical (unpaired) electrons. The molecule has 0 bridgehead atoms. The first kappa shape index (κ1) is 12.1. The van der Waals surface area contributed by atoms with E-state index in [1.807, 2.05) is 0 Å². The van der Waals surface area contributed by atoms with E-state index in [0.29, 0.717) is 10.6 Å². The molecule has 0 aliphatic rings. The highest BCUT2D eigenvalue weighted by Crippen LogP contribution is 2.16. The van der Waals surface area contributed by atoms with Gasteiger partial charge in [-0.25, -0.2) is 0 Å². The highest BCUT2D eigenvalue weighted by molar-refractivity contribution is 7.80. The Kier molecular flexibility index (Phi) is 4.16. The minimum absolute atomic E-state index is 0.0121. The second-order valence-corrected chi connectivity index (χ2v) is 3.67. The molecule has 0 amide bonds. The van der Waals surface area contributed by atoms with Crippen molar-refractivity contribution in [3.8, 4) is 0 Å². The van der Waals surface area contributed by atoms with Crippen molar-refractivity contribution in [2.75, 3.05) is 6.54 Å². The number of hydrogen-bond donors (Lipinski definition) is 4. The van der Waals surface area contributed by atoms with Gasteiger partial charge >= 0.3 is 0 Å². The fourth-order valence-corrected chi connectivity index (χ4v) is 1.33. The summed E-state index contributed by atoms with van der Waals surface area (Å²) in [7, 11) is 0. The van der Waals surface area contributed by atoms with Gasteiger partial charge in [-0.1, -0.05) is 36.5 Å². The van der Waals surface area contributed by atoms with Gasteiger partial charge < -0.3 is 21.7 Å². The molecule has 1 aromatic rings. The molecule has 1 rings (SSSR count). The third kappa shape index (κ3) is 2.97. The Morgan fingerprint density at radius 2 is 1.80 bits per heavy atom. The summed E-state index contributed by atoms with van der Waals surface area (Å²) in [4.78, 5) is 0.301. The summed E-state index contributed by atoms with van der Waals surface area (Å²) < 4.78 is 0. The van der Waals surface area contributed by atoms with Crippen LogP contribution in [0.4, 0.5) is 0 Å². The lowest BCUT2D eigenvalue weighted by Crippen LogP contribution is -2.27. The van der Waals surface area contributed by atoms with Crippen LogP contribution >= 0.6 is 12.2 Å². The summed E-state index contributed by atoms with van der Waals surface area (Å²) in [5.41, 5.74) is 12.0. The van der Waals surface area contributed by atoms with Crippen LogP contribution in [0.1, 0.15) is 17.2 Å². The summed E-state index contributed by atoms with van der Waals surface area (Å²) in [6.45, 7) is 0.0121. The number of rotatable bonds is 4. The molecule has 0 heterocycles. The number of hydrogen-bond acceptors (Lipinski definition) is 4. The van der Waals surface area contributed by atoms with E-state index in [-0.39, 0.29) is 6.54 Å². The van der Waals surface area contributed by atoms with Crippen molar-refractivity contribution < 1.29 is 10.2 Å². The molecule has 1 aromatic carbocycles. The lowest BCUT2D eigenvalue weighted by atomic mass is 10.0. The first-order valence-electron chi connectivity index (χ1n) is 4.52. The minimum Gasteiger partial charge on any atom is -0.389 e. The third-order valence-corrected chi connectivity index (χ3v) is 2.38. The SMILES string of the molecule is NCC(O)C(O)c1ccc(C(N)=S)cc1. The predicted octanol–water partition coefficient (Wildman–Crippen LogP) is -0.326. The summed E-state index contributed by atoms with van der Waals surface area (Å²) in [5.74, 6) is 0. The Morgan fingerprint density at radius 3 is 2.20 bits per heavy atom. The third-order valence-electron chi connectivity index (χ3n) is 2.14. The largest absolute Gasteiger partial charge is 0.389 e. The molecule has 0 aliphatic carbocycles. The van der Waals surface area contributed by atoms with E-state index >= 15 is 0 Å². The fraction of sp³-hybridized carbons (Fsp3) is 0.300. The van der Waals surface area contributed by atoms with Crippen molar-refractivity contribution >= 4 is 17.2 Å². The highest BCUT2D eigenvalue weighted by Gasteiger charge is 2.16. The van der Waals surface area contributed by atoms with E-state index in [2.05, 4.69) is 0 Å². The van der Waals surface area contributed by atoms with Crippen LogP contribution in [0.15, 0.2) is 24.3 Å². The van der Waals surface area contributed by atoms with E-state index in [9.17, 15) is 10.2 Å². The van der Waals surface area contributed by atoms with E-state index in [0.717, 1.165) is 5.56 Å². The zero-order chi connectivity index (χ0) is 11.4. The van der Waals surface area contributed by atoms with Crippen LogP contribution in [0.3, 0.4) is 0 Å². The molecule has 4 nitrogen and oxygen atoms in total. The van der Waals surface area contributed by atoms with Crippen LogP contribution in [0.2, 0.25) is 0 Å². The average molecular weight is 226 g/mol. The number of thiocarbonyl (C=S) groups is 1. The minimum atomic E-state index is -0.976. The maximum atomic E-state index is 9.62. The molecule has 0 aromatic heterocycles. The molecule has 5 heteroatoms. The second-order valence-electron chi connectivity index (χ2n) is 3.23. The van der Waals surface area contributed by atoms with Crippen molar-refractivity contribution in [3.63, 3.8) is 0 Å². The van der Waals surface area contributed by atoms with Crippen LogP contribution in [0.25, 0.3) is 0 Å². The summed E-state index contributed by atoms with van der Waals surface area (Å²) in [5, 5.41) is 19.0. The maximum Gasteiger partial charge on any atom is 0.106 e. The van der Waals surface area contributed by atoms with Gasteiger partial charge in [-0.05, 0) is 5.56 Å². The molecule has 0 spiro atoms. The van der Waals surface area contributed by atoms with Crippen molar-refractivity contribution in [1.82, 2.24) is 0 Å². The van der Waals surface area contributed by atoms with Crippen molar-refractivity contribution in [2.24, 2.45) is 11.5 Å². The first-order valence-corrected chi connectivity index (χ1v) is 4.93. The zero-order valence-corrected chi connectivity index (χ0v) is 8.95. The summed E-state index contributed by atoms with van der Waals surface area (Å²) in [6, 6.07) is 6.73. The quantitative estimate of drug-likeness (QED) is 0.528. The Balaban J connectivity index is 2.84. The number of aliphatic hydroxyl groups is 2. The van der Waals surface area contributed by atoms with E-state index in [4.69, 9.17) is 23.7 Å². The molecule has 0 fully saturated rings. The van der Waals surface area contributed by atoms with Crippen LogP contribution in [-0.4, -0.2) is 27.9 Å². The van der Waals surface area contributed by atoms with Crippen molar-refractivity contribution in [3.05, 3.63) is 35.4 Å². The Morgan fingerprint density at radius 1 is 1.27 bits per heavy atom. The van der Waals surface area contributed by atoms with Gasteiger partial charge in [0.15, 0.2) is 0 Å². The second kappa shape index (κ2) is 5.18. The zero-order valence-electron chi connectivity index (χ0n) is 8.13. The van der Waals surface area contributed by atoms with Crippen LogP contribution in [-0.2, 0) is 0 Å². The van der Waals surface area contributed by atoms with Gasteiger partial charge in [0.1, 0.15) is 11.1 Å². The number of benzene rings is 1. The molecule has 0 saturated carbocycles. The molecule has 82 valence electrons. The summed E-state index contributed by atoms with van der Waals surface area (Å²) in [6.07, 6.45) is -1.93. The highest BCUT2D eigenvalue weighted by atomic mass is 32.1. The molecule has 15 heavy (non-hydrogen) atoms. The van der Waals surface area contributed by atoms with Crippen LogP contribution in [0, 0.1) is 0 Å². The van der Waals surface area contributed by atoms with Crippen molar-refractivity contribution in [2.45, 2.75) is 12.2 Å². The van der Waals surface area contributed by atoms with Crippen LogP contribution < -0.4 is 11.5 Å². The van der Waals surface area contributed by atoms with Gasteiger partial charge in [-0.3, -0.25) is 0 Å². The van der Waals surface area contributed by atoms with Gasteiger partial charge in [0.05, 0.1) is 6.10 Å². The molecule has 2 atom stereocenters. The van der Waals surface area contributed by atoms with Gasteiger partial charge in [-0.2, -0.15) is 0 Å². The lowest BCUT2D eigenvalue weighted by molar-refractivity contribution is 0.0243. The Hall–Kier alpha value is -1.01. The summed E-state index contributed by atoms with van der Waals surface area (Å²) >= 11 is 4.79. The Bertz CT molecular complexity index is 340. The predicted molar refractivity (Wildman–Crippen MR) is 62.4 cm³/mol. The number of aliphatic hydroxyl groups excluding tert-OH is 2. The van der Waals surface area contributed by atoms with E-state index < -0.39 is 12.2 Å². The van der Waals surface area contributed by atoms with Gasteiger partial charge in [0.2, 0.25) is 0 Å². The van der Waals surface area contributed by atoms with Gasteiger partial charge in [0, 0.05) is 12.1 Å². The molecule has 0 aliphatic heterocycles. The van der Waals surface area contributed by atoms with Crippen molar-refractivity contribution in [1.29, 1.82) is 0 Å². The van der Waals surface area contributed by atoms with Gasteiger partial charge in [-0.15, -0.1) is 0 Å².